The van der Waals surface area contributed by atoms with Crippen LogP contribution in [-0.4, -0.2) is 29.9 Å². The molecule has 1 atom stereocenters. The Morgan fingerprint density at radius 3 is 2.40 bits per heavy atom. The fourth-order valence-corrected chi connectivity index (χ4v) is 4.00. The van der Waals surface area contributed by atoms with E-state index < -0.39 is 11.5 Å². The molecule has 30 heavy (non-hydrogen) atoms. The number of aliphatic hydroxyl groups is 1. The molecule has 1 amide bonds. The molecule has 0 fully saturated rings. The number of nitrogens with zero attached hydrogens (tertiary/aromatic N) is 1. The van der Waals surface area contributed by atoms with Crippen molar-refractivity contribution in [2.75, 3.05) is 18.1 Å². The molecule has 5 heteroatoms. The number of amides is 1. The third-order valence-corrected chi connectivity index (χ3v) is 5.57. The van der Waals surface area contributed by atoms with E-state index in [0.717, 1.165) is 11.3 Å². The molecule has 2 aromatic rings. The van der Waals surface area contributed by atoms with Gasteiger partial charge in [-0.25, -0.2) is 0 Å². The lowest BCUT2D eigenvalue weighted by molar-refractivity contribution is -0.141. The van der Waals surface area contributed by atoms with Gasteiger partial charge in [0.15, 0.2) is 5.60 Å². The minimum atomic E-state index is -1.78. The first-order chi connectivity index (χ1) is 14.0. The number of Topliss-reactive ketones (excluding diaryl/α,β-unsaturated/α-hetero) is 1. The van der Waals surface area contributed by atoms with Crippen LogP contribution in [0, 0.1) is 6.92 Å². The normalized spacial score (nSPS) is 18.5. The molecule has 3 rings (SSSR count). The number of rotatable bonds is 7. The summed E-state index contributed by atoms with van der Waals surface area (Å²) in [6, 6.07) is 13.5. The zero-order valence-corrected chi connectivity index (χ0v) is 18.5. The van der Waals surface area contributed by atoms with Crippen LogP contribution in [0.15, 0.2) is 42.5 Å². The van der Waals surface area contributed by atoms with Gasteiger partial charge in [0.25, 0.3) is 5.91 Å². The number of hydrogen-bond donors (Lipinski definition) is 1. The molecule has 1 unspecified atom stereocenters. The Labute approximate surface area is 178 Å². The molecule has 160 valence electrons. The molecular weight excluding hydrogens is 378 g/mol. The number of ketones is 1. The van der Waals surface area contributed by atoms with Gasteiger partial charge in [-0.15, -0.1) is 0 Å². The van der Waals surface area contributed by atoms with Gasteiger partial charge in [0.2, 0.25) is 0 Å². The summed E-state index contributed by atoms with van der Waals surface area (Å²) in [7, 11) is 0. The average molecular weight is 410 g/mol. The third-order valence-electron chi connectivity index (χ3n) is 5.57. The Morgan fingerprint density at radius 2 is 1.80 bits per heavy atom. The van der Waals surface area contributed by atoms with Crippen LogP contribution >= 0.6 is 0 Å². The van der Waals surface area contributed by atoms with Gasteiger partial charge in [0.05, 0.1) is 12.3 Å². The van der Waals surface area contributed by atoms with E-state index in [0.29, 0.717) is 30.8 Å². The summed E-state index contributed by atoms with van der Waals surface area (Å²) in [4.78, 5) is 26.4. The minimum Gasteiger partial charge on any atom is -0.494 e. The molecule has 0 saturated heterocycles. The van der Waals surface area contributed by atoms with Crippen molar-refractivity contribution in [3.05, 3.63) is 59.2 Å². The van der Waals surface area contributed by atoms with Gasteiger partial charge in [0, 0.05) is 18.5 Å². The highest BCUT2D eigenvalue weighted by atomic mass is 16.5. The second-order valence-electron chi connectivity index (χ2n) is 9.14. The summed E-state index contributed by atoms with van der Waals surface area (Å²) in [5, 5.41) is 11.1. The first-order valence-electron chi connectivity index (χ1n) is 10.4. The van der Waals surface area contributed by atoms with E-state index in [1.54, 1.807) is 17.0 Å². The Hall–Kier alpha value is -2.66. The van der Waals surface area contributed by atoms with Gasteiger partial charge in [0.1, 0.15) is 11.5 Å². The van der Waals surface area contributed by atoms with Gasteiger partial charge >= 0.3 is 0 Å². The van der Waals surface area contributed by atoms with Gasteiger partial charge in [-0.1, -0.05) is 51.1 Å². The number of para-hydroxylation sites is 1. The summed E-state index contributed by atoms with van der Waals surface area (Å²) in [5.41, 5.74) is 1.68. The van der Waals surface area contributed by atoms with Crippen molar-refractivity contribution >= 4 is 17.4 Å². The first kappa shape index (κ1) is 22.0. The highest BCUT2D eigenvalue weighted by Crippen LogP contribution is 2.44. The van der Waals surface area contributed by atoms with Gasteiger partial charge in [-0.2, -0.15) is 0 Å². The van der Waals surface area contributed by atoms with Crippen LogP contribution in [0.3, 0.4) is 0 Å². The van der Waals surface area contributed by atoms with Crippen LogP contribution in [0.25, 0.3) is 0 Å². The van der Waals surface area contributed by atoms with E-state index in [-0.39, 0.29) is 17.6 Å². The number of aryl methyl sites for hydroxylation is 1. The molecule has 1 aliphatic heterocycles. The van der Waals surface area contributed by atoms with Crippen molar-refractivity contribution < 1.29 is 19.4 Å². The summed E-state index contributed by atoms with van der Waals surface area (Å²) in [6.07, 6.45) is 0.395. The number of carbonyl (C=O) groups is 2. The maximum atomic E-state index is 13.1. The first-order valence-corrected chi connectivity index (χ1v) is 10.4. The third kappa shape index (κ3) is 4.26. The lowest BCUT2D eigenvalue weighted by Crippen LogP contribution is -2.42. The molecule has 0 aliphatic carbocycles. The lowest BCUT2D eigenvalue weighted by atomic mass is 9.87. The lowest BCUT2D eigenvalue weighted by Gasteiger charge is -2.22. The maximum absolute atomic E-state index is 13.1. The van der Waals surface area contributed by atoms with Crippen molar-refractivity contribution in [3.63, 3.8) is 0 Å². The predicted octanol–water partition coefficient (Wildman–Crippen LogP) is 4.27. The van der Waals surface area contributed by atoms with Crippen LogP contribution in [0.1, 0.15) is 57.2 Å². The quantitative estimate of drug-likeness (QED) is 0.694. The summed E-state index contributed by atoms with van der Waals surface area (Å²) < 4.78 is 5.85. The van der Waals surface area contributed by atoms with Gasteiger partial charge < -0.3 is 14.7 Å². The smallest absolute Gasteiger partial charge is 0.264 e. The Bertz CT molecular complexity index is 943. The maximum Gasteiger partial charge on any atom is 0.264 e. The van der Waals surface area contributed by atoms with Crippen LogP contribution in [0.4, 0.5) is 5.69 Å². The Morgan fingerprint density at radius 1 is 1.13 bits per heavy atom. The molecule has 1 N–H and O–H groups in total. The Balaban J connectivity index is 1.67. The van der Waals surface area contributed by atoms with E-state index in [1.807, 2.05) is 25.1 Å². The van der Waals surface area contributed by atoms with Crippen molar-refractivity contribution in [2.45, 2.75) is 58.5 Å². The van der Waals surface area contributed by atoms with Crippen molar-refractivity contribution in [3.8, 4) is 5.75 Å². The highest BCUT2D eigenvalue weighted by molar-refractivity contribution is 6.09. The van der Waals surface area contributed by atoms with Crippen LogP contribution < -0.4 is 9.64 Å². The van der Waals surface area contributed by atoms with Crippen molar-refractivity contribution in [1.29, 1.82) is 0 Å². The molecule has 2 aromatic carbocycles. The SMILES string of the molecule is CC(=O)CC1(O)C(=O)N(CCCOc2ccc(C(C)(C)C)cc2)c2c(C)cccc21. The summed E-state index contributed by atoms with van der Waals surface area (Å²) in [5.74, 6) is 0.138. The second-order valence-corrected chi connectivity index (χ2v) is 9.14. The number of ether oxygens (including phenoxy) is 1. The second kappa shape index (κ2) is 8.23. The number of benzene rings is 2. The minimum absolute atomic E-state index is 0.0938. The molecule has 1 aliphatic rings. The van der Waals surface area contributed by atoms with E-state index in [1.165, 1.54) is 12.5 Å². The molecule has 5 nitrogen and oxygen atoms in total. The predicted molar refractivity (Wildman–Crippen MR) is 118 cm³/mol. The fraction of sp³-hybridized carbons (Fsp3) is 0.440. The Kier molecular flexibility index (Phi) is 6.04. The van der Waals surface area contributed by atoms with E-state index in [2.05, 4.69) is 32.9 Å². The molecule has 0 aromatic heterocycles. The standard InChI is InChI=1S/C25H31NO4/c1-17-8-6-9-21-22(17)26(23(28)25(21,29)16-18(2)27)14-7-15-30-20-12-10-19(11-13-20)24(3,4)5/h6,8-13,29H,7,14-16H2,1-5H3. The highest BCUT2D eigenvalue weighted by Gasteiger charge is 2.50. The molecular formula is C25H31NO4. The van der Waals surface area contributed by atoms with Crippen LogP contribution in [0.2, 0.25) is 0 Å². The largest absolute Gasteiger partial charge is 0.494 e. The molecule has 0 saturated carbocycles. The van der Waals surface area contributed by atoms with Crippen molar-refractivity contribution in [2.24, 2.45) is 0 Å². The fourth-order valence-electron chi connectivity index (χ4n) is 4.00. The molecule has 0 radical (unpaired) electrons. The average Bonchev–Trinajstić information content (AvgIpc) is 2.87. The van der Waals surface area contributed by atoms with E-state index >= 15 is 0 Å². The number of carbonyl (C=O) groups excluding carboxylic acids is 2. The molecule has 0 spiro atoms. The number of anilines is 1. The van der Waals surface area contributed by atoms with Crippen LogP contribution in [-0.2, 0) is 20.6 Å². The number of hydrogen-bond acceptors (Lipinski definition) is 4. The molecule has 1 heterocycles. The zero-order chi connectivity index (χ0) is 22.1. The molecule has 0 bridgehead atoms. The van der Waals surface area contributed by atoms with E-state index in [9.17, 15) is 14.7 Å². The van der Waals surface area contributed by atoms with E-state index in [4.69, 9.17) is 4.74 Å². The van der Waals surface area contributed by atoms with Crippen LogP contribution in [0.5, 0.6) is 5.75 Å². The van der Waals surface area contributed by atoms with Gasteiger partial charge in [-0.05, 0) is 48.9 Å². The van der Waals surface area contributed by atoms with Crippen molar-refractivity contribution in [1.82, 2.24) is 0 Å². The van der Waals surface area contributed by atoms with Gasteiger partial charge in [-0.3, -0.25) is 9.59 Å². The zero-order valence-electron chi connectivity index (χ0n) is 18.5. The summed E-state index contributed by atoms with van der Waals surface area (Å²) in [6.45, 7) is 10.7. The number of fused-ring (bicyclic) bond motifs is 1. The topological polar surface area (TPSA) is 66.8 Å². The summed E-state index contributed by atoms with van der Waals surface area (Å²) >= 11 is 0. The monoisotopic (exact) mass is 409 g/mol.